The van der Waals surface area contributed by atoms with Gasteiger partial charge in [-0.1, -0.05) is 60.1 Å². The van der Waals surface area contributed by atoms with E-state index in [9.17, 15) is 0 Å². The molecule has 0 saturated carbocycles. The Morgan fingerprint density at radius 3 is 2.35 bits per heavy atom. The third kappa shape index (κ3) is 2.90. The van der Waals surface area contributed by atoms with Gasteiger partial charge in [-0.2, -0.15) is 0 Å². The summed E-state index contributed by atoms with van der Waals surface area (Å²) in [5, 5.41) is 0.683. The molecular weight excluding hydrogens is 346 g/mol. The number of aliphatic imine (C=N–C) groups is 1. The first-order chi connectivity index (χ1) is 12.7. The summed E-state index contributed by atoms with van der Waals surface area (Å²) in [6.45, 7) is 0.359. The lowest BCUT2D eigenvalue weighted by Gasteiger charge is -2.38. The van der Waals surface area contributed by atoms with Crippen molar-refractivity contribution in [3.8, 4) is 0 Å². The van der Waals surface area contributed by atoms with Crippen molar-refractivity contribution < 1.29 is 9.47 Å². The van der Waals surface area contributed by atoms with Gasteiger partial charge in [-0.25, -0.2) is 4.99 Å². The van der Waals surface area contributed by atoms with E-state index in [0.29, 0.717) is 17.5 Å². The summed E-state index contributed by atoms with van der Waals surface area (Å²) >= 11 is 6.10. The second kappa shape index (κ2) is 6.94. The number of hydrogen-bond acceptors (Lipinski definition) is 3. The SMILES string of the molecule is COCC1(c2ccc(Cl)cc2)OC(c2ccccc2)=Nc2ccccc21. The number of fused-ring (bicyclic) bond motifs is 1. The fourth-order valence-electron chi connectivity index (χ4n) is 3.30. The molecule has 4 heteroatoms. The van der Waals surface area contributed by atoms with Crippen LogP contribution in [0.2, 0.25) is 5.02 Å². The molecule has 3 nitrogen and oxygen atoms in total. The number of halogens is 1. The van der Waals surface area contributed by atoms with Gasteiger partial charge in [-0.3, -0.25) is 0 Å². The standard InChI is InChI=1S/C22H18ClNO2/c1-25-15-22(17-11-13-18(23)14-12-17)19-9-5-6-10-20(19)24-21(26-22)16-7-3-2-4-8-16/h2-14H,15H2,1H3. The van der Waals surface area contributed by atoms with Crippen LogP contribution in [0.4, 0.5) is 5.69 Å². The van der Waals surface area contributed by atoms with Gasteiger partial charge >= 0.3 is 0 Å². The van der Waals surface area contributed by atoms with Crippen molar-refractivity contribution in [1.82, 2.24) is 0 Å². The normalized spacial score (nSPS) is 18.6. The molecule has 0 radical (unpaired) electrons. The molecule has 1 unspecified atom stereocenters. The predicted molar refractivity (Wildman–Crippen MR) is 104 cm³/mol. The number of methoxy groups -OCH3 is 1. The van der Waals surface area contributed by atoms with Gasteiger partial charge in [-0.05, 0) is 30.3 Å². The van der Waals surface area contributed by atoms with Gasteiger partial charge in [0.05, 0.1) is 12.3 Å². The summed E-state index contributed by atoms with van der Waals surface area (Å²) in [6.07, 6.45) is 0. The largest absolute Gasteiger partial charge is 0.458 e. The molecule has 0 N–H and O–H groups in total. The van der Waals surface area contributed by atoms with E-state index in [-0.39, 0.29) is 0 Å². The molecule has 3 aromatic rings. The van der Waals surface area contributed by atoms with E-state index in [2.05, 4.69) is 0 Å². The zero-order valence-corrected chi connectivity index (χ0v) is 15.1. The molecule has 0 aromatic heterocycles. The minimum atomic E-state index is -0.789. The molecule has 0 fully saturated rings. The molecule has 0 aliphatic carbocycles. The molecule has 1 aliphatic heterocycles. The van der Waals surface area contributed by atoms with Crippen molar-refractivity contribution in [2.75, 3.05) is 13.7 Å². The van der Waals surface area contributed by atoms with Gasteiger partial charge in [0.1, 0.15) is 0 Å². The first kappa shape index (κ1) is 16.8. The Balaban J connectivity index is 1.93. The zero-order chi connectivity index (χ0) is 18.0. The van der Waals surface area contributed by atoms with Gasteiger partial charge in [0, 0.05) is 28.8 Å². The van der Waals surface area contributed by atoms with Gasteiger partial charge in [0.25, 0.3) is 0 Å². The van der Waals surface area contributed by atoms with Crippen LogP contribution in [0.3, 0.4) is 0 Å². The Kier molecular flexibility index (Phi) is 4.49. The summed E-state index contributed by atoms with van der Waals surface area (Å²) < 4.78 is 12.1. The van der Waals surface area contributed by atoms with Gasteiger partial charge < -0.3 is 9.47 Å². The van der Waals surface area contributed by atoms with Crippen LogP contribution in [0.1, 0.15) is 16.7 Å². The topological polar surface area (TPSA) is 30.8 Å². The van der Waals surface area contributed by atoms with E-state index in [0.717, 1.165) is 22.4 Å². The first-order valence-corrected chi connectivity index (χ1v) is 8.78. The van der Waals surface area contributed by atoms with Crippen LogP contribution in [0.25, 0.3) is 0 Å². The predicted octanol–water partition coefficient (Wildman–Crippen LogP) is 5.34. The number of ether oxygens (including phenoxy) is 2. The van der Waals surface area contributed by atoms with Crippen molar-refractivity contribution in [2.24, 2.45) is 4.99 Å². The van der Waals surface area contributed by atoms with Crippen LogP contribution < -0.4 is 0 Å². The minimum Gasteiger partial charge on any atom is -0.458 e. The van der Waals surface area contributed by atoms with Crippen molar-refractivity contribution >= 4 is 23.2 Å². The quantitative estimate of drug-likeness (QED) is 0.626. The molecule has 0 saturated heterocycles. The molecule has 4 rings (SSSR count). The van der Waals surface area contributed by atoms with Crippen LogP contribution in [0.15, 0.2) is 83.9 Å². The second-order valence-electron chi connectivity index (χ2n) is 6.17. The summed E-state index contributed by atoms with van der Waals surface area (Å²) in [5.74, 6) is 0.580. The van der Waals surface area contributed by atoms with E-state index in [1.54, 1.807) is 7.11 Å². The van der Waals surface area contributed by atoms with Crippen molar-refractivity contribution in [1.29, 1.82) is 0 Å². The highest BCUT2D eigenvalue weighted by Gasteiger charge is 2.42. The molecule has 0 bridgehead atoms. The Bertz CT molecular complexity index is 938. The molecule has 1 aliphatic rings. The molecule has 0 spiro atoms. The fourth-order valence-corrected chi connectivity index (χ4v) is 3.42. The fraction of sp³-hybridized carbons (Fsp3) is 0.136. The van der Waals surface area contributed by atoms with E-state index in [1.165, 1.54) is 0 Å². The third-order valence-corrected chi connectivity index (χ3v) is 4.76. The Morgan fingerprint density at radius 2 is 1.62 bits per heavy atom. The Morgan fingerprint density at radius 1 is 0.923 bits per heavy atom. The first-order valence-electron chi connectivity index (χ1n) is 8.40. The number of para-hydroxylation sites is 1. The van der Waals surface area contributed by atoms with E-state index in [1.807, 2.05) is 78.9 Å². The third-order valence-electron chi connectivity index (χ3n) is 4.51. The number of nitrogens with zero attached hydrogens (tertiary/aromatic N) is 1. The highest BCUT2D eigenvalue weighted by atomic mass is 35.5. The lowest BCUT2D eigenvalue weighted by atomic mass is 9.84. The van der Waals surface area contributed by atoms with Gasteiger partial charge in [-0.15, -0.1) is 0 Å². The average Bonchev–Trinajstić information content (AvgIpc) is 2.69. The maximum Gasteiger partial charge on any atom is 0.222 e. The summed E-state index contributed by atoms with van der Waals surface area (Å²) in [7, 11) is 1.68. The van der Waals surface area contributed by atoms with Crippen molar-refractivity contribution in [3.63, 3.8) is 0 Å². The summed E-state index contributed by atoms with van der Waals surface area (Å²) in [6, 6.07) is 25.6. The zero-order valence-electron chi connectivity index (χ0n) is 14.4. The number of benzene rings is 3. The minimum absolute atomic E-state index is 0.359. The molecule has 1 heterocycles. The van der Waals surface area contributed by atoms with Crippen LogP contribution in [-0.4, -0.2) is 19.6 Å². The Labute approximate surface area is 157 Å². The molecule has 0 amide bonds. The molecule has 26 heavy (non-hydrogen) atoms. The average molecular weight is 364 g/mol. The van der Waals surface area contributed by atoms with Gasteiger partial charge in [0.15, 0.2) is 5.60 Å². The van der Waals surface area contributed by atoms with Gasteiger partial charge in [0.2, 0.25) is 5.90 Å². The second-order valence-corrected chi connectivity index (χ2v) is 6.61. The van der Waals surface area contributed by atoms with Crippen LogP contribution in [0, 0.1) is 0 Å². The van der Waals surface area contributed by atoms with Crippen LogP contribution in [-0.2, 0) is 15.1 Å². The van der Waals surface area contributed by atoms with Crippen molar-refractivity contribution in [3.05, 3.63) is 101 Å². The lowest BCUT2D eigenvalue weighted by Crippen LogP contribution is -2.40. The van der Waals surface area contributed by atoms with Crippen LogP contribution in [0.5, 0.6) is 0 Å². The maximum atomic E-state index is 6.53. The molecular formula is C22H18ClNO2. The van der Waals surface area contributed by atoms with E-state index >= 15 is 0 Å². The van der Waals surface area contributed by atoms with Crippen molar-refractivity contribution in [2.45, 2.75) is 5.60 Å². The highest BCUT2D eigenvalue weighted by Crippen LogP contribution is 2.43. The molecule has 3 aromatic carbocycles. The molecule has 130 valence electrons. The smallest absolute Gasteiger partial charge is 0.222 e. The molecule has 1 atom stereocenters. The highest BCUT2D eigenvalue weighted by molar-refractivity contribution is 6.30. The number of rotatable bonds is 4. The Hall–Kier alpha value is -2.62. The summed E-state index contributed by atoms with van der Waals surface area (Å²) in [4.78, 5) is 4.75. The monoisotopic (exact) mass is 363 g/mol. The number of hydrogen-bond donors (Lipinski definition) is 0. The summed E-state index contributed by atoms with van der Waals surface area (Å²) in [5.41, 5.74) is 2.97. The van der Waals surface area contributed by atoms with E-state index in [4.69, 9.17) is 26.1 Å². The van der Waals surface area contributed by atoms with E-state index < -0.39 is 5.60 Å². The van der Waals surface area contributed by atoms with Crippen LogP contribution >= 0.6 is 11.6 Å². The lowest BCUT2D eigenvalue weighted by molar-refractivity contribution is 0.00627. The maximum absolute atomic E-state index is 6.53.